The van der Waals surface area contributed by atoms with Crippen molar-refractivity contribution < 1.29 is 14.3 Å². The van der Waals surface area contributed by atoms with E-state index in [9.17, 15) is 9.59 Å². The maximum Gasteiger partial charge on any atom is 0.411 e. The molecule has 0 saturated heterocycles. The number of benzene rings is 1. The summed E-state index contributed by atoms with van der Waals surface area (Å²) in [5, 5.41) is 5.26. The Morgan fingerprint density at radius 3 is 2.45 bits per heavy atom. The van der Waals surface area contributed by atoms with Gasteiger partial charge in [0.1, 0.15) is 0 Å². The van der Waals surface area contributed by atoms with Gasteiger partial charge in [0.15, 0.2) is 0 Å². The fourth-order valence-electron chi connectivity index (χ4n) is 1.58. The van der Waals surface area contributed by atoms with Crippen molar-refractivity contribution in [2.24, 2.45) is 11.7 Å². The molecule has 0 aliphatic carbocycles. The molecule has 0 radical (unpaired) electrons. The first-order chi connectivity index (χ1) is 9.47. The third-order valence-corrected chi connectivity index (χ3v) is 3.12. The number of carbonyl (C=O) groups is 2. The quantitative estimate of drug-likeness (QED) is 0.770. The van der Waals surface area contributed by atoms with Gasteiger partial charge in [-0.15, -0.1) is 0 Å². The van der Waals surface area contributed by atoms with Crippen molar-refractivity contribution in [3.63, 3.8) is 0 Å². The third-order valence-electron chi connectivity index (χ3n) is 3.12. The number of hydrogen-bond acceptors (Lipinski definition) is 4. The predicted octanol–water partition coefficient (Wildman–Crippen LogP) is 2.18. The summed E-state index contributed by atoms with van der Waals surface area (Å²) < 4.78 is 4.50. The van der Waals surface area contributed by atoms with Crippen LogP contribution in [0.1, 0.15) is 20.3 Å². The van der Waals surface area contributed by atoms with Gasteiger partial charge in [0.2, 0.25) is 5.91 Å². The first-order valence-electron chi connectivity index (χ1n) is 6.49. The standard InChI is InChI=1S/C14H21N3O3/c1-4-9(2)12(15)13(18)16-10-6-5-7-11(8-10)17-14(19)20-3/h5-9,12H,4,15H2,1-3H3,(H,16,18)(H,17,19). The van der Waals surface area contributed by atoms with Crippen LogP contribution in [0.3, 0.4) is 0 Å². The number of hydrogen-bond donors (Lipinski definition) is 3. The van der Waals surface area contributed by atoms with Crippen molar-refractivity contribution in [3.05, 3.63) is 24.3 Å². The molecular formula is C14H21N3O3. The monoisotopic (exact) mass is 279 g/mol. The third kappa shape index (κ3) is 4.55. The molecule has 4 N–H and O–H groups in total. The molecule has 6 nitrogen and oxygen atoms in total. The maximum atomic E-state index is 12.0. The molecule has 0 saturated carbocycles. The maximum absolute atomic E-state index is 12.0. The number of carbonyl (C=O) groups excluding carboxylic acids is 2. The van der Waals surface area contributed by atoms with Crippen LogP contribution in [0.2, 0.25) is 0 Å². The van der Waals surface area contributed by atoms with Gasteiger partial charge in [0, 0.05) is 11.4 Å². The fourth-order valence-corrected chi connectivity index (χ4v) is 1.58. The largest absolute Gasteiger partial charge is 0.453 e. The number of ether oxygens (including phenoxy) is 1. The first kappa shape index (κ1) is 16.0. The molecule has 110 valence electrons. The van der Waals surface area contributed by atoms with E-state index in [2.05, 4.69) is 15.4 Å². The van der Waals surface area contributed by atoms with Crippen molar-refractivity contribution in [3.8, 4) is 0 Å². The molecule has 2 unspecified atom stereocenters. The van der Waals surface area contributed by atoms with Gasteiger partial charge in [0.05, 0.1) is 13.2 Å². The Balaban J connectivity index is 2.71. The Morgan fingerprint density at radius 1 is 1.30 bits per heavy atom. The molecule has 6 heteroatoms. The number of methoxy groups -OCH3 is 1. The highest BCUT2D eigenvalue weighted by Crippen LogP contribution is 2.16. The number of amides is 2. The van der Waals surface area contributed by atoms with E-state index in [0.29, 0.717) is 11.4 Å². The van der Waals surface area contributed by atoms with Gasteiger partial charge < -0.3 is 15.8 Å². The Kier molecular flexibility index (Phi) is 5.99. The zero-order chi connectivity index (χ0) is 15.1. The molecule has 0 fully saturated rings. The predicted molar refractivity (Wildman–Crippen MR) is 78.5 cm³/mol. The molecule has 0 heterocycles. The molecule has 1 rings (SSSR count). The summed E-state index contributed by atoms with van der Waals surface area (Å²) in [6.45, 7) is 3.91. The van der Waals surface area contributed by atoms with Crippen molar-refractivity contribution in [2.45, 2.75) is 26.3 Å². The van der Waals surface area contributed by atoms with E-state index in [1.165, 1.54) is 7.11 Å². The van der Waals surface area contributed by atoms with Crippen molar-refractivity contribution in [1.29, 1.82) is 0 Å². The van der Waals surface area contributed by atoms with Crippen LogP contribution >= 0.6 is 0 Å². The molecule has 20 heavy (non-hydrogen) atoms. The molecule has 0 spiro atoms. The average molecular weight is 279 g/mol. The van der Waals surface area contributed by atoms with Crippen LogP contribution in [-0.4, -0.2) is 25.2 Å². The topological polar surface area (TPSA) is 93.5 Å². The average Bonchev–Trinajstić information content (AvgIpc) is 2.45. The van der Waals surface area contributed by atoms with Crippen LogP contribution in [0.5, 0.6) is 0 Å². The van der Waals surface area contributed by atoms with Gasteiger partial charge in [-0.05, 0) is 24.1 Å². The Hall–Kier alpha value is -2.08. The van der Waals surface area contributed by atoms with Gasteiger partial charge >= 0.3 is 6.09 Å². The summed E-state index contributed by atoms with van der Waals surface area (Å²) in [5.74, 6) is -0.138. The van der Waals surface area contributed by atoms with Crippen LogP contribution in [0, 0.1) is 5.92 Å². The summed E-state index contributed by atoms with van der Waals surface area (Å²) >= 11 is 0. The highest BCUT2D eigenvalue weighted by molar-refractivity contribution is 5.95. The first-order valence-corrected chi connectivity index (χ1v) is 6.49. The van der Waals surface area contributed by atoms with Crippen LogP contribution in [0.15, 0.2) is 24.3 Å². The van der Waals surface area contributed by atoms with E-state index >= 15 is 0 Å². The number of rotatable bonds is 5. The van der Waals surface area contributed by atoms with E-state index in [-0.39, 0.29) is 11.8 Å². The summed E-state index contributed by atoms with van der Waals surface area (Å²) in [6, 6.07) is 6.22. The molecule has 1 aromatic carbocycles. The minimum atomic E-state index is -0.565. The summed E-state index contributed by atoms with van der Waals surface area (Å²) in [7, 11) is 1.28. The van der Waals surface area contributed by atoms with Crippen LogP contribution in [0.4, 0.5) is 16.2 Å². The van der Waals surface area contributed by atoms with E-state index in [1.807, 2.05) is 13.8 Å². The van der Waals surface area contributed by atoms with E-state index in [0.717, 1.165) is 6.42 Å². The molecule has 0 aliphatic heterocycles. The second-order valence-corrected chi connectivity index (χ2v) is 4.60. The van der Waals surface area contributed by atoms with Gasteiger partial charge in [-0.1, -0.05) is 26.3 Å². The normalized spacial score (nSPS) is 13.2. The van der Waals surface area contributed by atoms with Gasteiger partial charge in [-0.25, -0.2) is 4.79 Å². The Morgan fingerprint density at radius 2 is 1.90 bits per heavy atom. The second-order valence-electron chi connectivity index (χ2n) is 4.60. The zero-order valence-electron chi connectivity index (χ0n) is 12.0. The van der Waals surface area contributed by atoms with E-state index in [1.54, 1.807) is 24.3 Å². The molecule has 0 aromatic heterocycles. The lowest BCUT2D eigenvalue weighted by molar-refractivity contribution is -0.118. The van der Waals surface area contributed by atoms with Crippen LogP contribution in [0.25, 0.3) is 0 Å². The number of nitrogens with one attached hydrogen (secondary N) is 2. The van der Waals surface area contributed by atoms with Crippen molar-refractivity contribution >= 4 is 23.4 Å². The van der Waals surface area contributed by atoms with Crippen molar-refractivity contribution in [1.82, 2.24) is 0 Å². The highest BCUT2D eigenvalue weighted by atomic mass is 16.5. The highest BCUT2D eigenvalue weighted by Gasteiger charge is 2.19. The minimum Gasteiger partial charge on any atom is -0.453 e. The lowest BCUT2D eigenvalue weighted by Crippen LogP contribution is -2.40. The molecule has 2 amide bonds. The van der Waals surface area contributed by atoms with Crippen LogP contribution < -0.4 is 16.4 Å². The fraction of sp³-hybridized carbons (Fsp3) is 0.429. The molecule has 0 bridgehead atoms. The minimum absolute atomic E-state index is 0.103. The Bertz CT molecular complexity index is 476. The lowest BCUT2D eigenvalue weighted by atomic mass is 9.99. The lowest BCUT2D eigenvalue weighted by Gasteiger charge is -2.18. The molecule has 2 atom stereocenters. The molecule has 1 aromatic rings. The van der Waals surface area contributed by atoms with Gasteiger partial charge in [-0.3, -0.25) is 10.1 Å². The van der Waals surface area contributed by atoms with E-state index < -0.39 is 12.1 Å². The smallest absolute Gasteiger partial charge is 0.411 e. The number of nitrogens with two attached hydrogens (primary N) is 1. The summed E-state index contributed by atoms with van der Waals surface area (Å²) in [4.78, 5) is 23.1. The summed E-state index contributed by atoms with van der Waals surface area (Å²) in [6.07, 6.45) is 0.267. The van der Waals surface area contributed by atoms with Crippen molar-refractivity contribution in [2.75, 3.05) is 17.7 Å². The SMILES string of the molecule is CCC(C)C(N)C(=O)Nc1cccc(NC(=O)OC)c1. The number of anilines is 2. The second kappa shape index (κ2) is 7.49. The van der Waals surface area contributed by atoms with Gasteiger partial charge in [0.25, 0.3) is 0 Å². The van der Waals surface area contributed by atoms with Crippen LogP contribution in [-0.2, 0) is 9.53 Å². The van der Waals surface area contributed by atoms with Gasteiger partial charge in [-0.2, -0.15) is 0 Å². The summed E-state index contributed by atoms with van der Waals surface area (Å²) in [5.41, 5.74) is 6.96. The Labute approximate surface area is 118 Å². The van der Waals surface area contributed by atoms with E-state index in [4.69, 9.17) is 5.73 Å². The molecular weight excluding hydrogens is 258 g/mol. The zero-order valence-corrected chi connectivity index (χ0v) is 12.0. The molecule has 0 aliphatic rings.